The van der Waals surface area contributed by atoms with E-state index in [-0.39, 0.29) is 47.2 Å². The van der Waals surface area contributed by atoms with Crippen molar-refractivity contribution in [2.45, 2.75) is 77.2 Å². The molecular formula is C33H34F4O3. The lowest BCUT2D eigenvalue weighted by molar-refractivity contribution is -0.137. The van der Waals surface area contributed by atoms with Gasteiger partial charge in [-0.15, -0.1) is 0 Å². The number of carboxylic acids is 1. The van der Waals surface area contributed by atoms with E-state index in [9.17, 15) is 23.1 Å². The maximum atomic E-state index is 15.5. The SMILES string of the molecule is CC1(C)CCC[C@@H]1c1cc(COc2cccc(C(CC(=O)O)C3CC3)c2F)ccc1-c1cc(C(F)F)ccc1F. The second kappa shape index (κ2) is 11.3. The number of halogens is 4. The van der Waals surface area contributed by atoms with E-state index in [0.717, 1.165) is 55.4 Å². The highest BCUT2D eigenvalue weighted by Crippen LogP contribution is 2.51. The van der Waals surface area contributed by atoms with Crippen LogP contribution in [-0.4, -0.2) is 11.1 Å². The number of carbonyl (C=O) groups is 1. The van der Waals surface area contributed by atoms with Crippen LogP contribution in [0.2, 0.25) is 0 Å². The van der Waals surface area contributed by atoms with E-state index in [0.29, 0.717) is 11.1 Å². The Labute approximate surface area is 232 Å². The summed E-state index contributed by atoms with van der Waals surface area (Å²) in [6.07, 6.45) is 1.83. The third-order valence-electron chi connectivity index (χ3n) is 8.65. The fourth-order valence-corrected chi connectivity index (χ4v) is 6.33. The molecule has 3 nitrogen and oxygen atoms in total. The monoisotopic (exact) mass is 554 g/mol. The van der Waals surface area contributed by atoms with Crippen LogP contribution in [0.1, 0.15) is 92.9 Å². The van der Waals surface area contributed by atoms with Crippen molar-refractivity contribution >= 4 is 5.97 Å². The van der Waals surface area contributed by atoms with Gasteiger partial charge in [-0.05, 0) is 83.4 Å². The van der Waals surface area contributed by atoms with Gasteiger partial charge in [0.1, 0.15) is 12.4 Å². The van der Waals surface area contributed by atoms with Gasteiger partial charge in [0.05, 0.1) is 6.42 Å². The molecular weight excluding hydrogens is 520 g/mol. The van der Waals surface area contributed by atoms with Crippen LogP contribution in [0.5, 0.6) is 5.75 Å². The highest BCUT2D eigenvalue weighted by atomic mass is 19.3. The summed E-state index contributed by atoms with van der Waals surface area (Å²) in [6.45, 7) is 4.38. The van der Waals surface area contributed by atoms with Gasteiger partial charge in [0.2, 0.25) is 0 Å². The van der Waals surface area contributed by atoms with Gasteiger partial charge >= 0.3 is 5.97 Å². The molecule has 1 unspecified atom stereocenters. The van der Waals surface area contributed by atoms with E-state index >= 15 is 4.39 Å². The smallest absolute Gasteiger partial charge is 0.303 e. The topological polar surface area (TPSA) is 46.5 Å². The lowest BCUT2D eigenvalue weighted by Gasteiger charge is -2.30. The van der Waals surface area contributed by atoms with Crippen LogP contribution in [0.4, 0.5) is 17.6 Å². The van der Waals surface area contributed by atoms with Crippen LogP contribution in [0, 0.1) is 23.0 Å². The van der Waals surface area contributed by atoms with Gasteiger partial charge < -0.3 is 9.84 Å². The Morgan fingerprint density at radius 3 is 2.45 bits per heavy atom. The Kier molecular flexibility index (Phi) is 7.94. The van der Waals surface area contributed by atoms with Crippen LogP contribution in [0.25, 0.3) is 11.1 Å². The Morgan fingerprint density at radius 1 is 1.02 bits per heavy atom. The number of benzene rings is 3. The predicted molar refractivity (Wildman–Crippen MR) is 146 cm³/mol. The summed E-state index contributed by atoms with van der Waals surface area (Å²) in [6, 6.07) is 13.7. The molecule has 0 heterocycles. The lowest BCUT2D eigenvalue weighted by atomic mass is 9.75. The number of rotatable bonds is 10. The molecule has 212 valence electrons. The Morgan fingerprint density at radius 2 is 1.80 bits per heavy atom. The molecule has 0 saturated heterocycles. The Bertz CT molecular complexity index is 1400. The molecule has 2 aliphatic rings. The molecule has 0 aliphatic heterocycles. The number of alkyl halides is 2. The minimum absolute atomic E-state index is 0.0490. The van der Waals surface area contributed by atoms with Crippen molar-refractivity contribution in [2.24, 2.45) is 11.3 Å². The predicted octanol–water partition coefficient (Wildman–Crippen LogP) is 9.41. The zero-order valence-electron chi connectivity index (χ0n) is 22.7. The van der Waals surface area contributed by atoms with Crippen LogP contribution in [0.15, 0.2) is 54.6 Å². The van der Waals surface area contributed by atoms with Crippen molar-refractivity contribution in [3.05, 3.63) is 88.5 Å². The first kappa shape index (κ1) is 28.2. The molecule has 3 aromatic rings. The molecule has 1 N–H and O–H groups in total. The largest absolute Gasteiger partial charge is 0.486 e. The van der Waals surface area contributed by atoms with Gasteiger partial charge in [0, 0.05) is 17.0 Å². The summed E-state index contributed by atoms with van der Waals surface area (Å²) in [5, 5.41) is 9.34. The summed E-state index contributed by atoms with van der Waals surface area (Å²) in [5.41, 5.74) is 2.42. The highest BCUT2D eigenvalue weighted by molar-refractivity contribution is 5.70. The minimum atomic E-state index is -2.71. The van der Waals surface area contributed by atoms with Crippen molar-refractivity contribution < 1.29 is 32.2 Å². The molecule has 0 amide bonds. The van der Waals surface area contributed by atoms with E-state index in [1.54, 1.807) is 24.3 Å². The fraction of sp³-hybridized carbons (Fsp3) is 0.424. The first-order valence-electron chi connectivity index (χ1n) is 13.9. The quantitative estimate of drug-likeness (QED) is 0.254. The van der Waals surface area contributed by atoms with Crippen LogP contribution < -0.4 is 4.74 Å². The van der Waals surface area contributed by atoms with Gasteiger partial charge in [-0.25, -0.2) is 17.6 Å². The van der Waals surface area contributed by atoms with Gasteiger partial charge in [-0.2, -0.15) is 0 Å². The Hall–Kier alpha value is -3.35. The third kappa shape index (κ3) is 5.89. The second-order valence-corrected chi connectivity index (χ2v) is 11.9. The zero-order valence-corrected chi connectivity index (χ0v) is 22.7. The third-order valence-corrected chi connectivity index (χ3v) is 8.65. The average molecular weight is 555 g/mol. The maximum absolute atomic E-state index is 15.5. The van der Waals surface area contributed by atoms with Crippen molar-refractivity contribution in [1.82, 2.24) is 0 Å². The highest BCUT2D eigenvalue weighted by Gasteiger charge is 2.38. The summed E-state index contributed by atoms with van der Waals surface area (Å²) >= 11 is 0. The minimum Gasteiger partial charge on any atom is -0.486 e. The summed E-state index contributed by atoms with van der Waals surface area (Å²) in [7, 11) is 0. The van der Waals surface area contributed by atoms with E-state index in [4.69, 9.17) is 4.74 Å². The van der Waals surface area contributed by atoms with Crippen LogP contribution >= 0.6 is 0 Å². The molecule has 0 aromatic heterocycles. The van der Waals surface area contributed by atoms with E-state index in [1.165, 1.54) is 12.1 Å². The van der Waals surface area contributed by atoms with Crippen molar-refractivity contribution in [3.63, 3.8) is 0 Å². The van der Waals surface area contributed by atoms with Crippen molar-refractivity contribution in [1.29, 1.82) is 0 Å². The van der Waals surface area contributed by atoms with Gasteiger partial charge in [0.15, 0.2) is 11.6 Å². The number of hydrogen-bond acceptors (Lipinski definition) is 2. The molecule has 40 heavy (non-hydrogen) atoms. The summed E-state index contributed by atoms with van der Waals surface area (Å²) in [4.78, 5) is 11.4. The van der Waals surface area contributed by atoms with E-state index in [1.807, 2.05) is 6.07 Å². The first-order valence-corrected chi connectivity index (χ1v) is 13.9. The van der Waals surface area contributed by atoms with Gasteiger partial charge in [-0.1, -0.05) is 56.7 Å². The molecule has 2 aliphatic carbocycles. The lowest BCUT2D eigenvalue weighted by Crippen LogP contribution is -2.17. The molecule has 2 atom stereocenters. The molecule has 7 heteroatoms. The standard InChI is InChI=1S/C33H34F4O3/c1-33(2)14-4-6-27(33)25-15-19(8-12-22(25)26-16-21(32(36)37)11-13-28(26)34)18-40-29-7-3-5-23(31(29)35)24(17-30(38)39)20-9-10-20/h3,5,7-8,11-13,15-16,20,24,27,32H,4,6,9-10,14,17-18H2,1-2H3,(H,38,39)/t24?,27-/m1/s1. The number of hydrogen-bond donors (Lipinski definition) is 1. The fourth-order valence-electron chi connectivity index (χ4n) is 6.33. The van der Waals surface area contributed by atoms with Crippen molar-refractivity contribution in [3.8, 4) is 16.9 Å². The molecule has 2 saturated carbocycles. The second-order valence-electron chi connectivity index (χ2n) is 11.9. The number of carboxylic acid groups (broad SMARTS) is 1. The van der Waals surface area contributed by atoms with Gasteiger partial charge in [0.25, 0.3) is 6.43 Å². The molecule has 5 rings (SSSR count). The van der Waals surface area contributed by atoms with Crippen LogP contribution in [0.3, 0.4) is 0 Å². The average Bonchev–Trinajstić information content (AvgIpc) is 3.69. The van der Waals surface area contributed by atoms with Crippen LogP contribution in [-0.2, 0) is 11.4 Å². The van der Waals surface area contributed by atoms with Gasteiger partial charge in [-0.3, -0.25) is 4.79 Å². The van der Waals surface area contributed by atoms with E-state index in [2.05, 4.69) is 13.8 Å². The van der Waals surface area contributed by atoms with Crippen molar-refractivity contribution in [2.75, 3.05) is 0 Å². The van der Waals surface area contributed by atoms with E-state index < -0.39 is 29.9 Å². The Balaban J connectivity index is 1.47. The summed E-state index contributed by atoms with van der Waals surface area (Å²) in [5.74, 6) is -2.15. The molecule has 0 bridgehead atoms. The maximum Gasteiger partial charge on any atom is 0.303 e. The molecule has 0 radical (unpaired) electrons. The molecule has 0 spiro atoms. The molecule has 3 aromatic carbocycles. The normalized spacial score (nSPS) is 19.1. The number of ether oxygens (including phenoxy) is 1. The zero-order chi connectivity index (χ0) is 28.6. The first-order chi connectivity index (χ1) is 19.0. The summed E-state index contributed by atoms with van der Waals surface area (Å²) < 4.78 is 63.3. The number of aliphatic carboxylic acids is 1. The molecule has 2 fully saturated rings.